The molecule has 1 saturated heterocycles. The number of piperidine rings is 1. The minimum absolute atomic E-state index is 0.365. The normalized spacial score (nSPS) is 18.2. The Kier molecular flexibility index (Phi) is 4.59. The van der Waals surface area contributed by atoms with Crippen LogP contribution in [0.1, 0.15) is 39.2 Å². The molecular formula is C17H27NO2. The maximum absolute atomic E-state index is 9.96. The standard InChI is InChI=1S/C17H27NO2/c1-17(2,3)14-7-9-18(10-8-14)12-13-11-15(20-4)5-6-16(13)19/h5-6,11,14,19H,7-10,12H2,1-4H3. The molecule has 2 rings (SSSR count). The lowest BCUT2D eigenvalue weighted by Crippen LogP contribution is -2.37. The summed E-state index contributed by atoms with van der Waals surface area (Å²) >= 11 is 0. The summed E-state index contributed by atoms with van der Waals surface area (Å²) in [6.45, 7) is 10.0. The van der Waals surface area contributed by atoms with Gasteiger partial charge < -0.3 is 9.84 Å². The van der Waals surface area contributed by atoms with Crippen LogP contribution in [0.5, 0.6) is 11.5 Å². The molecule has 1 aromatic carbocycles. The van der Waals surface area contributed by atoms with Crippen molar-refractivity contribution in [2.45, 2.75) is 40.2 Å². The molecule has 0 aliphatic carbocycles. The van der Waals surface area contributed by atoms with E-state index in [1.165, 1.54) is 12.8 Å². The van der Waals surface area contributed by atoms with Crippen molar-refractivity contribution < 1.29 is 9.84 Å². The Bertz CT molecular complexity index is 443. The van der Waals surface area contributed by atoms with Gasteiger partial charge in [-0.3, -0.25) is 4.90 Å². The fraction of sp³-hybridized carbons (Fsp3) is 0.647. The summed E-state index contributed by atoms with van der Waals surface area (Å²) in [7, 11) is 1.66. The maximum atomic E-state index is 9.96. The fourth-order valence-corrected chi connectivity index (χ4v) is 3.01. The molecule has 0 amide bonds. The largest absolute Gasteiger partial charge is 0.508 e. The van der Waals surface area contributed by atoms with Gasteiger partial charge in [-0.2, -0.15) is 0 Å². The summed E-state index contributed by atoms with van der Waals surface area (Å²) in [4.78, 5) is 2.43. The van der Waals surface area contributed by atoms with E-state index in [1.54, 1.807) is 19.2 Å². The number of rotatable bonds is 3. The number of hydrogen-bond acceptors (Lipinski definition) is 3. The average molecular weight is 277 g/mol. The maximum Gasteiger partial charge on any atom is 0.120 e. The highest BCUT2D eigenvalue weighted by Crippen LogP contribution is 2.35. The van der Waals surface area contributed by atoms with Gasteiger partial charge in [0.25, 0.3) is 0 Å². The summed E-state index contributed by atoms with van der Waals surface area (Å²) in [5.74, 6) is 1.98. The summed E-state index contributed by atoms with van der Waals surface area (Å²) in [6.07, 6.45) is 2.49. The second-order valence-corrected chi connectivity index (χ2v) is 6.91. The van der Waals surface area contributed by atoms with E-state index in [0.29, 0.717) is 11.2 Å². The van der Waals surface area contributed by atoms with Crippen molar-refractivity contribution in [2.24, 2.45) is 11.3 Å². The van der Waals surface area contributed by atoms with Gasteiger partial charge in [-0.25, -0.2) is 0 Å². The van der Waals surface area contributed by atoms with Crippen molar-refractivity contribution in [2.75, 3.05) is 20.2 Å². The Morgan fingerprint density at radius 1 is 1.25 bits per heavy atom. The SMILES string of the molecule is COc1ccc(O)c(CN2CCC(C(C)(C)C)CC2)c1. The molecule has 20 heavy (non-hydrogen) atoms. The highest BCUT2D eigenvalue weighted by Gasteiger charge is 2.28. The number of methoxy groups -OCH3 is 1. The Labute approximate surface area is 122 Å². The van der Waals surface area contributed by atoms with Gasteiger partial charge in [0.2, 0.25) is 0 Å². The minimum Gasteiger partial charge on any atom is -0.508 e. The number of aromatic hydroxyl groups is 1. The predicted octanol–water partition coefficient (Wildman–Crippen LogP) is 3.66. The van der Waals surface area contributed by atoms with Crippen LogP contribution in [0.3, 0.4) is 0 Å². The highest BCUT2D eigenvalue weighted by molar-refractivity contribution is 5.39. The summed E-state index contributed by atoms with van der Waals surface area (Å²) in [6, 6.07) is 5.45. The Morgan fingerprint density at radius 3 is 2.45 bits per heavy atom. The van der Waals surface area contributed by atoms with Crippen LogP contribution >= 0.6 is 0 Å². The Morgan fingerprint density at radius 2 is 1.90 bits per heavy atom. The molecule has 1 heterocycles. The molecule has 0 aromatic heterocycles. The van der Waals surface area contributed by atoms with Crippen molar-refractivity contribution >= 4 is 0 Å². The average Bonchev–Trinajstić information content (AvgIpc) is 2.41. The molecule has 0 radical (unpaired) electrons. The molecule has 1 aliphatic rings. The minimum atomic E-state index is 0.365. The number of benzene rings is 1. The van der Waals surface area contributed by atoms with Crippen LogP contribution < -0.4 is 4.74 Å². The number of phenols is 1. The van der Waals surface area contributed by atoms with Crippen molar-refractivity contribution in [1.29, 1.82) is 0 Å². The van der Waals surface area contributed by atoms with Gasteiger partial charge in [-0.1, -0.05) is 20.8 Å². The van der Waals surface area contributed by atoms with Crippen LogP contribution in [-0.2, 0) is 6.54 Å². The van der Waals surface area contributed by atoms with Crippen LogP contribution in [-0.4, -0.2) is 30.2 Å². The van der Waals surface area contributed by atoms with Gasteiger partial charge in [-0.05, 0) is 55.5 Å². The van der Waals surface area contributed by atoms with Crippen molar-refractivity contribution in [3.63, 3.8) is 0 Å². The third kappa shape index (κ3) is 3.66. The quantitative estimate of drug-likeness (QED) is 0.915. The molecule has 1 fully saturated rings. The third-order valence-corrected chi connectivity index (χ3v) is 4.49. The zero-order chi connectivity index (χ0) is 14.8. The third-order valence-electron chi connectivity index (χ3n) is 4.49. The first-order valence-electron chi connectivity index (χ1n) is 7.48. The second-order valence-electron chi connectivity index (χ2n) is 6.91. The molecule has 0 saturated carbocycles. The molecule has 0 bridgehead atoms. The zero-order valence-electron chi connectivity index (χ0n) is 13.1. The molecule has 0 atom stereocenters. The second kappa shape index (κ2) is 6.04. The molecule has 1 N–H and O–H groups in total. The van der Waals surface area contributed by atoms with E-state index in [0.717, 1.165) is 36.9 Å². The lowest BCUT2D eigenvalue weighted by molar-refractivity contribution is 0.107. The lowest BCUT2D eigenvalue weighted by Gasteiger charge is -2.38. The first-order chi connectivity index (χ1) is 9.40. The van der Waals surface area contributed by atoms with E-state index >= 15 is 0 Å². The summed E-state index contributed by atoms with van der Waals surface area (Å²) in [5, 5.41) is 9.96. The molecule has 1 aromatic rings. The molecule has 0 unspecified atom stereocenters. The van der Waals surface area contributed by atoms with Gasteiger partial charge in [0.05, 0.1) is 7.11 Å². The van der Waals surface area contributed by atoms with Gasteiger partial charge in [0.15, 0.2) is 0 Å². The van der Waals surface area contributed by atoms with Crippen molar-refractivity contribution in [3.8, 4) is 11.5 Å². The topological polar surface area (TPSA) is 32.7 Å². The van der Waals surface area contributed by atoms with Gasteiger partial charge in [0.1, 0.15) is 11.5 Å². The van der Waals surface area contributed by atoms with Crippen LogP contribution in [0.2, 0.25) is 0 Å². The first kappa shape index (κ1) is 15.2. The number of nitrogens with zero attached hydrogens (tertiary/aromatic N) is 1. The monoisotopic (exact) mass is 277 g/mol. The molecular weight excluding hydrogens is 250 g/mol. The van der Waals surface area contributed by atoms with Crippen LogP contribution in [0, 0.1) is 11.3 Å². The smallest absolute Gasteiger partial charge is 0.120 e. The molecule has 112 valence electrons. The van der Waals surface area contributed by atoms with E-state index in [2.05, 4.69) is 25.7 Å². The molecule has 3 heteroatoms. The predicted molar refractivity (Wildman–Crippen MR) is 82.1 cm³/mol. The number of ether oxygens (including phenoxy) is 1. The highest BCUT2D eigenvalue weighted by atomic mass is 16.5. The lowest BCUT2D eigenvalue weighted by atomic mass is 9.75. The van der Waals surface area contributed by atoms with E-state index in [4.69, 9.17) is 4.74 Å². The van der Waals surface area contributed by atoms with Crippen molar-refractivity contribution in [1.82, 2.24) is 4.90 Å². The number of likely N-dealkylation sites (tertiary alicyclic amines) is 1. The van der Waals surface area contributed by atoms with Gasteiger partial charge in [0, 0.05) is 12.1 Å². The molecule has 0 spiro atoms. The van der Waals surface area contributed by atoms with Gasteiger partial charge in [-0.15, -0.1) is 0 Å². The van der Waals surface area contributed by atoms with Crippen LogP contribution in [0.15, 0.2) is 18.2 Å². The number of phenolic OH excluding ortho intramolecular Hbond substituents is 1. The summed E-state index contributed by atoms with van der Waals surface area (Å²) in [5.41, 5.74) is 1.36. The van der Waals surface area contributed by atoms with E-state index in [1.807, 2.05) is 6.07 Å². The van der Waals surface area contributed by atoms with Gasteiger partial charge >= 0.3 is 0 Å². The van der Waals surface area contributed by atoms with Crippen LogP contribution in [0.25, 0.3) is 0 Å². The first-order valence-corrected chi connectivity index (χ1v) is 7.48. The molecule has 3 nitrogen and oxygen atoms in total. The summed E-state index contributed by atoms with van der Waals surface area (Å²) < 4.78 is 5.23. The zero-order valence-corrected chi connectivity index (χ0v) is 13.1. The van der Waals surface area contributed by atoms with E-state index in [9.17, 15) is 5.11 Å². The van der Waals surface area contributed by atoms with Crippen molar-refractivity contribution in [3.05, 3.63) is 23.8 Å². The van der Waals surface area contributed by atoms with E-state index < -0.39 is 0 Å². The fourth-order valence-electron chi connectivity index (χ4n) is 3.01. The Balaban J connectivity index is 1.96. The van der Waals surface area contributed by atoms with Crippen LogP contribution in [0.4, 0.5) is 0 Å². The van der Waals surface area contributed by atoms with E-state index in [-0.39, 0.29) is 0 Å². The number of hydrogen-bond donors (Lipinski definition) is 1. The Hall–Kier alpha value is -1.22. The molecule has 1 aliphatic heterocycles.